The number of nitrogens with two attached hydrogens (primary N) is 1. The van der Waals surface area contributed by atoms with Gasteiger partial charge in [0.25, 0.3) is 0 Å². The molecule has 2 N–H and O–H groups in total. The predicted octanol–water partition coefficient (Wildman–Crippen LogP) is 3.05. The van der Waals surface area contributed by atoms with Crippen molar-refractivity contribution in [2.45, 2.75) is 6.04 Å². The number of halogens is 4. The fourth-order valence-electron chi connectivity index (χ4n) is 1.00. The Morgan fingerprint density at radius 3 is 2.43 bits per heavy atom. The molecule has 5 heteroatoms. The smallest absolute Gasteiger partial charge is 0.173 e. The topological polar surface area (TPSA) is 26.0 Å². The van der Waals surface area contributed by atoms with Crippen molar-refractivity contribution in [2.24, 2.45) is 5.73 Å². The third-order valence-electron chi connectivity index (χ3n) is 1.74. The summed E-state index contributed by atoms with van der Waals surface area (Å²) in [5, 5.41) is 0. The largest absolute Gasteiger partial charge is 0.321 e. The molecule has 0 bridgehead atoms. The third kappa shape index (κ3) is 1.83. The van der Waals surface area contributed by atoms with Crippen LogP contribution in [0.25, 0.3) is 0 Å². The minimum absolute atomic E-state index is 0.271. The Kier molecular flexibility index (Phi) is 3.34. The van der Waals surface area contributed by atoms with Gasteiger partial charge in [0.2, 0.25) is 0 Å². The van der Waals surface area contributed by atoms with Crippen LogP contribution in [0.2, 0.25) is 0 Å². The number of benzene rings is 1. The Morgan fingerprint density at radius 1 is 1.36 bits per heavy atom. The summed E-state index contributed by atoms with van der Waals surface area (Å²) in [4.78, 5) is 0. The minimum atomic E-state index is -1.29. The van der Waals surface area contributed by atoms with Crippen molar-refractivity contribution >= 4 is 15.9 Å². The highest BCUT2D eigenvalue weighted by Crippen LogP contribution is 2.27. The Hall–Kier alpha value is -0.810. The molecule has 1 unspecified atom stereocenters. The van der Waals surface area contributed by atoms with Gasteiger partial charge in [-0.1, -0.05) is 6.08 Å². The van der Waals surface area contributed by atoms with E-state index in [0.29, 0.717) is 0 Å². The Morgan fingerprint density at radius 2 is 1.93 bits per heavy atom. The van der Waals surface area contributed by atoms with Crippen molar-refractivity contribution in [3.05, 3.63) is 46.2 Å². The van der Waals surface area contributed by atoms with E-state index in [0.717, 1.165) is 12.1 Å². The molecule has 0 radical (unpaired) electrons. The van der Waals surface area contributed by atoms with Crippen LogP contribution in [0.5, 0.6) is 0 Å². The maximum Gasteiger partial charge on any atom is 0.173 e. The lowest BCUT2D eigenvalue weighted by atomic mass is 10.1. The van der Waals surface area contributed by atoms with Crippen molar-refractivity contribution in [3.8, 4) is 0 Å². The molecular weight excluding hydrogens is 259 g/mol. The quantitative estimate of drug-likeness (QED) is 0.497. The standard InChI is InChI=1S/C9H7BrF3N/c1-2-6(14)7-5(11)3-4(10)8(12)9(7)13/h2-3,6H,1,14H2. The summed E-state index contributed by atoms with van der Waals surface area (Å²) in [6.07, 6.45) is 1.13. The minimum Gasteiger partial charge on any atom is -0.321 e. The first-order valence-electron chi connectivity index (χ1n) is 3.70. The van der Waals surface area contributed by atoms with Gasteiger partial charge < -0.3 is 5.73 Å². The Bertz CT molecular complexity index is 379. The highest BCUT2D eigenvalue weighted by Gasteiger charge is 2.20. The average molecular weight is 266 g/mol. The average Bonchev–Trinajstić information content (AvgIpc) is 2.14. The molecule has 0 saturated heterocycles. The lowest BCUT2D eigenvalue weighted by Gasteiger charge is -2.10. The van der Waals surface area contributed by atoms with E-state index in [9.17, 15) is 13.2 Å². The molecule has 0 aliphatic carbocycles. The van der Waals surface area contributed by atoms with E-state index >= 15 is 0 Å². The van der Waals surface area contributed by atoms with Crippen molar-refractivity contribution < 1.29 is 13.2 Å². The van der Waals surface area contributed by atoms with Crippen LogP contribution in [0.1, 0.15) is 11.6 Å². The van der Waals surface area contributed by atoms with Gasteiger partial charge in [-0.05, 0) is 22.0 Å². The molecule has 1 rings (SSSR count). The van der Waals surface area contributed by atoms with Crippen molar-refractivity contribution in [1.82, 2.24) is 0 Å². The zero-order valence-corrected chi connectivity index (χ0v) is 8.61. The van der Waals surface area contributed by atoms with Gasteiger partial charge in [-0.25, -0.2) is 13.2 Å². The fourth-order valence-corrected chi connectivity index (χ4v) is 1.38. The van der Waals surface area contributed by atoms with Gasteiger partial charge in [0.1, 0.15) is 5.82 Å². The second-order valence-electron chi connectivity index (χ2n) is 2.64. The van der Waals surface area contributed by atoms with Crippen LogP contribution in [0.15, 0.2) is 23.2 Å². The molecule has 0 aliphatic heterocycles. The highest BCUT2D eigenvalue weighted by molar-refractivity contribution is 9.10. The van der Waals surface area contributed by atoms with Crippen LogP contribution in [0.3, 0.4) is 0 Å². The van der Waals surface area contributed by atoms with Gasteiger partial charge in [0, 0.05) is 5.56 Å². The van der Waals surface area contributed by atoms with E-state index in [2.05, 4.69) is 22.5 Å². The maximum atomic E-state index is 13.2. The van der Waals surface area contributed by atoms with Crippen LogP contribution in [0, 0.1) is 17.5 Å². The zero-order chi connectivity index (χ0) is 10.9. The normalized spacial score (nSPS) is 12.6. The summed E-state index contributed by atoms with van der Waals surface area (Å²) in [5.41, 5.74) is 4.82. The highest BCUT2D eigenvalue weighted by atomic mass is 79.9. The SMILES string of the molecule is C=CC(N)c1c(F)cc(Br)c(F)c1F. The van der Waals surface area contributed by atoms with Gasteiger partial charge in [-0.15, -0.1) is 6.58 Å². The monoisotopic (exact) mass is 265 g/mol. The number of rotatable bonds is 2. The van der Waals surface area contributed by atoms with Crippen LogP contribution in [-0.2, 0) is 0 Å². The van der Waals surface area contributed by atoms with Crippen LogP contribution in [-0.4, -0.2) is 0 Å². The second kappa shape index (κ2) is 4.14. The van der Waals surface area contributed by atoms with Crippen LogP contribution < -0.4 is 5.73 Å². The molecule has 0 heterocycles. The van der Waals surface area contributed by atoms with Gasteiger partial charge >= 0.3 is 0 Å². The van der Waals surface area contributed by atoms with E-state index in [1.165, 1.54) is 0 Å². The summed E-state index contributed by atoms with van der Waals surface area (Å²) in [6, 6.07) is -0.227. The van der Waals surface area contributed by atoms with Crippen LogP contribution >= 0.6 is 15.9 Å². The van der Waals surface area contributed by atoms with Gasteiger partial charge in [0.05, 0.1) is 10.5 Å². The van der Waals surface area contributed by atoms with Crippen molar-refractivity contribution in [3.63, 3.8) is 0 Å². The molecule has 76 valence electrons. The van der Waals surface area contributed by atoms with Crippen LogP contribution in [0.4, 0.5) is 13.2 Å². The van der Waals surface area contributed by atoms with E-state index in [-0.39, 0.29) is 4.47 Å². The Balaban J connectivity index is 3.43. The van der Waals surface area contributed by atoms with Crippen molar-refractivity contribution in [2.75, 3.05) is 0 Å². The molecule has 1 atom stereocenters. The molecule has 0 spiro atoms. The fraction of sp³-hybridized carbons (Fsp3) is 0.111. The molecule has 0 amide bonds. The van der Waals surface area contributed by atoms with Gasteiger partial charge in [0.15, 0.2) is 11.6 Å². The molecule has 0 aromatic heterocycles. The molecule has 0 aliphatic rings. The van der Waals surface area contributed by atoms with E-state index < -0.39 is 29.1 Å². The second-order valence-corrected chi connectivity index (χ2v) is 3.50. The lowest BCUT2D eigenvalue weighted by molar-refractivity contribution is 0.470. The van der Waals surface area contributed by atoms with Gasteiger partial charge in [-0.2, -0.15) is 0 Å². The first-order valence-corrected chi connectivity index (χ1v) is 4.49. The molecule has 1 nitrogen and oxygen atoms in total. The third-order valence-corrected chi connectivity index (χ3v) is 2.31. The number of hydrogen-bond acceptors (Lipinski definition) is 1. The molecule has 0 fully saturated rings. The maximum absolute atomic E-state index is 13.2. The van der Waals surface area contributed by atoms with E-state index in [4.69, 9.17) is 5.73 Å². The summed E-state index contributed by atoms with van der Waals surface area (Å²) in [5.74, 6) is -3.34. The molecule has 14 heavy (non-hydrogen) atoms. The summed E-state index contributed by atoms with van der Waals surface area (Å²) >= 11 is 2.68. The first kappa shape index (κ1) is 11.3. The predicted molar refractivity (Wildman–Crippen MR) is 51.1 cm³/mol. The summed E-state index contributed by atoms with van der Waals surface area (Å²) in [6.45, 7) is 3.28. The molecular formula is C9H7BrF3N. The number of hydrogen-bond donors (Lipinski definition) is 1. The zero-order valence-electron chi connectivity index (χ0n) is 7.03. The van der Waals surface area contributed by atoms with E-state index in [1.807, 2.05) is 0 Å². The van der Waals surface area contributed by atoms with Gasteiger partial charge in [-0.3, -0.25) is 0 Å². The summed E-state index contributed by atoms with van der Waals surface area (Å²) in [7, 11) is 0. The first-order chi connectivity index (χ1) is 6.49. The lowest BCUT2D eigenvalue weighted by Crippen LogP contribution is -2.12. The summed E-state index contributed by atoms with van der Waals surface area (Å²) < 4.78 is 39.1. The van der Waals surface area contributed by atoms with Crippen molar-refractivity contribution in [1.29, 1.82) is 0 Å². The Labute approximate surface area is 87.5 Å². The molecule has 1 aromatic rings. The molecule has 0 saturated carbocycles. The molecule has 1 aromatic carbocycles. The van der Waals surface area contributed by atoms with E-state index in [1.54, 1.807) is 0 Å².